The predicted octanol–water partition coefficient (Wildman–Crippen LogP) is 3.37. The first-order chi connectivity index (χ1) is 8.56. The van der Waals surface area contributed by atoms with E-state index in [0.29, 0.717) is 16.3 Å². The van der Waals surface area contributed by atoms with Crippen LogP contribution in [0.5, 0.6) is 0 Å². The van der Waals surface area contributed by atoms with Crippen molar-refractivity contribution in [2.24, 2.45) is 0 Å². The number of nitrogens with one attached hydrogen (secondary N) is 1. The lowest BCUT2D eigenvalue weighted by Gasteiger charge is -2.13. The molecule has 0 saturated carbocycles. The Balaban J connectivity index is 2.19. The summed E-state index contributed by atoms with van der Waals surface area (Å²) in [5.41, 5.74) is 1.59. The highest BCUT2D eigenvalue weighted by molar-refractivity contribution is 7.71. The van der Waals surface area contributed by atoms with E-state index in [1.54, 1.807) is 6.07 Å². The first kappa shape index (κ1) is 12.1. The van der Waals surface area contributed by atoms with Crippen LogP contribution in [0.25, 0.3) is 11.0 Å². The molecule has 0 aliphatic carbocycles. The van der Waals surface area contributed by atoms with Gasteiger partial charge in [-0.1, -0.05) is 11.6 Å². The Hall–Kier alpha value is -0.910. The smallest absolute Gasteiger partial charge is 0.178 e. The fourth-order valence-electron chi connectivity index (χ4n) is 2.61. The molecule has 2 aromatic rings. The number of likely N-dealkylation sites (N-methyl/N-ethyl adjacent to an activating group) is 1. The summed E-state index contributed by atoms with van der Waals surface area (Å²) >= 11 is 11.2. The number of imidazole rings is 1. The van der Waals surface area contributed by atoms with Gasteiger partial charge in [0.05, 0.1) is 22.1 Å². The van der Waals surface area contributed by atoms with Crippen LogP contribution in [0.15, 0.2) is 12.1 Å². The van der Waals surface area contributed by atoms with E-state index in [9.17, 15) is 4.39 Å². The molecule has 3 nitrogen and oxygen atoms in total. The zero-order valence-corrected chi connectivity index (χ0v) is 11.5. The number of likely N-dealkylation sites (tertiary alicyclic amines) is 1. The summed E-state index contributed by atoms with van der Waals surface area (Å²) in [4.78, 5) is 5.31. The fraction of sp³-hybridized carbons (Fsp3) is 0.417. The van der Waals surface area contributed by atoms with Gasteiger partial charge >= 0.3 is 0 Å². The standard InChI is InChI=1S/C12H13ClFN3S/c1-16-3-2-7(6-16)17-11-4-8(13)9(14)5-10(11)15-12(17)18/h4-5,7H,2-3,6H2,1H3,(H,15,18). The summed E-state index contributed by atoms with van der Waals surface area (Å²) in [6.45, 7) is 2.00. The van der Waals surface area contributed by atoms with Gasteiger partial charge in [0.25, 0.3) is 0 Å². The molecular weight excluding hydrogens is 273 g/mol. The molecule has 1 saturated heterocycles. The first-order valence-corrected chi connectivity index (χ1v) is 6.62. The van der Waals surface area contributed by atoms with Crippen molar-refractivity contribution in [2.45, 2.75) is 12.5 Å². The number of aromatic nitrogens is 2. The summed E-state index contributed by atoms with van der Waals surface area (Å²) in [5.74, 6) is -0.420. The van der Waals surface area contributed by atoms with Crippen LogP contribution in [-0.4, -0.2) is 34.6 Å². The number of halogens is 2. The molecule has 96 valence electrons. The lowest BCUT2D eigenvalue weighted by molar-refractivity contribution is 0.394. The number of benzene rings is 1. The molecule has 3 rings (SSSR count). The number of hydrogen-bond donors (Lipinski definition) is 1. The highest BCUT2D eigenvalue weighted by Crippen LogP contribution is 2.28. The van der Waals surface area contributed by atoms with Crippen molar-refractivity contribution in [2.75, 3.05) is 20.1 Å². The Morgan fingerprint density at radius 1 is 1.50 bits per heavy atom. The van der Waals surface area contributed by atoms with Gasteiger partial charge in [-0.15, -0.1) is 0 Å². The number of rotatable bonds is 1. The van der Waals surface area contributed by atoms with E-state index in [1.807, 2.05) is 0 Å². The molecule has 1 aromatic heterocycles. The molecule has 1 N–H and O–H groups in total. The van der Waals surface area contributed by atoms with Crippen LogP contribution < -0.4 is 0 Å². The molecule has 18 heavy (non-hydrogen) atoms. The maximum Gasteiger partial charge on any atom is 0.178 e. The molecule has 0 spiro atoms. The molecule has 0 amide bonds. The molecule has 6 heteroatoms. The van der Waals surface area contributed by atoms with Crippen LogP contribution >= 0.6 is 23.8 Å². The van der Waals surface area contributed by atoms with Crippen molar-refractivity contribution in [3.05, 3.63) is 27.7 Å². The van der Waals surface area contributed by atoms with Crippen molar-refractivity contribution >= 4 is 34.9 Å². The minimum atomic E-state index is -0.420. The van der Waals surface area contributed by atoms with Gasteiger partial charge in [0, 0.05) is 12.6 Å². The first-order valence-electron chi connectivity index (χ1n) is 5.84. The van der Waals surface area contributed by atoms with E-state index in [4.69, 9.17) is 23.8 Å². The van der Waals surface area contributed by atoms with Crippen LogP contribution in [0.3, 0.4) is 0 Å². The van der Waals surface area contributed by atoms with E-state index in [0.717, 1.165) is 25.0 Å². The van der Waals surface area contributed by atoms with Crippen LogP contribution in [0, 0.1) is 10.6 Å². The van der Waals surface area contributed by atoms with Gasteiger partial charge in [-0.05, 0) is 38.3 Å². The van der Waals surface area contributed by atoms with Crippen molar-refractivity contribution in [3.8, 4) is 0 Å². The molecule has 1 aliphatic heterocycles. The lowest BCUT2D eigenvalue weighted by Crippen LogP contribution is -2.16. The quantitative estimate of drug-likeness (QED) is 0.812. The van der Waals surface area contributed by atoms with E-state index < -0.39 is 5.82 Å². The third-order valence-corrected chi connectivity index (χ3v) is 4.08. The van der Waals surface area contributed by atoms with E-state index in [-0.39, 0.29) is 5.02 Å². The molecule has 0 radical (unpaired) electrons. The van der Waals surface area contributed by atoms with Gasteiger partial charge in [0.1, 0.15) is 5.82 Å². The van der Waals surface area contributed by atoms with Crippen molar-refractivity contribution < 1.29 is 4.39 Å². The highest BCUT2D eigenvalue weighted by Gasteiger charge is 2.23. The minimum Gasteiger partial charge on any atom is -0.330 e. The molecule has 1 aliphatic rings. The highest BCUT2D eigenvalue weighted by atomic mass is 35.5. The average molecular weight is 286 g/mol. The lowest BCUT2D eigenvalue weighted by atomic mass is 10.2. The van der Waals surface area contributed by atoms with Crippen LogP contribution in [0.2, 0.25) is 5.02 Å². The second kappa shape index (κ2) is 4.33. The van der Waals surface area contributed by atoms with Gasteiger partial charge in [-0.3, -0.25) is 0 Å². The van der Waals surface area contributed by atoms with Crippen molar-refractivity contribution in [1.82, 2.24) is 14.5 Å². The molecule has 1 unspecified atom stereocenters. The summed E-state index contributed by atoms with van der Waals surface area (Å²) in [7, 11) is 2.09. The number of aromatic amines is 1. The third kappa shape index (κ3) is 1.86. The van der Waals surface area contributed by atoms with E-state index >= 15 is 0 Å². The Bertz CT molecular complexity index is 663. The average Bonchev–Trinajstić information content (AvgIpc) is 2.83. The number of H-pyrrole nitrogens is 1. The number of hydrogen-bond acceptors (Lipinski definition) is 2. The largest absolute Gasteiger partial charge is 0.330 e. The Labute approximate surface area is 114 Å². The molecule has 0 bridgehead atoms. The molecule has 1 aromatic carbocycles. The van der Waals surface area contributed by atoms with Gasteiger partial charge in [-0.2, -0.15) is 0 Å². The second-order valence-electron chi connectivity index (χ2n) is 4.79. The fourth-order valence-corrected chi connectivity index (χ4v) is 3.12. The molecule has 2 heterocycles. The maximum absolute atomic E-state index is 13.4. The number of nitrogens with zero attached hydrogens (tertiary/aromatic N) is 2. The number of fused-ring (bicyclic) bond motifs is 1. The summed E-state index contributed by atoms with van der Waals surface area (Å²) in [6.07, 6.45) is 1.05. The second-order valence-corrected chi connectivity index (χ2v) is 5.58. The monoisotopic (exact) mass is 285 g/mol. The topological polar surface area (TPSA) is 24.0 Å². The van der Waals surface area contributed by atoms with Crippen LogP contribution in [-0.2, 0) is 0 Å². The van der Waals surface area contributed by atoms with Gasteiger partial charge < -0.3 is 14.5 Å². The van der Waals surface area contributed by atoms with Crippen LogP contribution in [0.1, 0.15) is 12.5 Å². The van der Waals surface area contributed by atoms with Gasteiger partial charge in [0.15, 0.2) is 4.77 Å². The molecular formula is C12H13ClFN3S. The third-order valence-electron chi connectivity index (χ3n) is 3.49. The van der Waals surface area contributed by atoms with Gasteiger partial charge in [0.2, 0.25) is 0 Å². The van der Waals surface area contributed by atoms with Gasteiger partial charge in [-0.25, -0.2) is 4.39 Å². The van der Waals surface area contributed by atoms with E-state index in [1.165, 1.54) is 6.07 Å². The SMILES string of the molecule is CN1CCC(n2c(=S)[nH]c3cc(F)c(Cl)cc32)C1. The summed E-state index contributed by atoms with van der Waals surface area (Å²) in [5, 5.41) is 0.136. The summed E-state index contributed by atoms with van der Waals surface area (Å²) < 4.78 is 16.1. The maximum atomic E-state index is 13.4. The van der Waals surface area contributed by atoms with Crippen molar-refractivity contribution in [3.63, 3.8) is 0 Å². The van der Waals surface area contributed by atoms with E-state index in [2.05, 4.69) is 21.5 Å². The zero-order chi connectivity index (χ0) is 12.9. The predicted molar refractivity (Wildman–Crippen MR) is 73.2 cm³/mol. The Kier molecular flexibility index (Phi) is 2.92. The summed E-state index contributed by atoms with van der Waals surface area (Å²) in [6, 6.07) is 3.39. The molecule has 1 fully saturated rings. The minimum absolute atomic E-state index is 0.136. The molecule has 1 atom stereocenters. The van der Waals surface area contributed by atoms with Crippen LogP contribution in [0.4, 0.5) is 4.39 Å². The zero-order valence-electron chi connectivity index (χ0n) is 9.91. The Morgan fingerprint density at radius 2 is 2.28 bits per heavy atom. The van der Waals surface area contributed by atoms with Crippen molar-refractivity contribution in [1.29, 1.82) is 0 Å². The Morgan fingerprint density at radius 3 is 2.94 bits per heavy atom. The normalized spacial score (nSPS) is 20.9.